The quantitative estimate of drug-likeness (QED) is 0.698. The summed E-state index contributed by atoms with van der Waals surface area (Å²) in [5, 5.41) is 2.82. The van der Waals surface area contributed by atoms with Gasteiger partial charge in [-0.25, -0.2) is 9.78 Å². The lowest BCUT2D eigenvalue weighted by atomic mass is 10.2. The predicted molar refractivity (Wildman–Crippen MR) is 101 cm³/mol. The second kappa shape index (κ2) is 7.49. The van der Waals surface area contributed by atoms with Crippen molar-refractivity contribution in [2.75, 3.05) is 12.4 Å². The maximum absolute atomic E-state index is 12.8. The molecule has 3 rings (SSSR count). The zero-order chi connectivity index (χ0) is 19.6. The number of hydrogen-bond acceptors (Lipinski definition) is 5. The number of esters is 1. The van der Waals surface area contributed by atoms with E-state index in [1.54, 1.807) is 74.9 Å². The average molecular weight is 367 g/mol. The molecule has 0 radical (unpaired) electrons. The maximum atomic E-state index is 12.8. The van der Waals surface area contributed by atoms with Gasteiger partial charge in [0.2, 0.25) is 0 Å². The van der Waals surface area contributed by atoms with Crippen molar-refractivity contribution in [3.05, 3.63) is 59.5 Å². The summed E-state index contributed by atoms with van der Waals surface area (Å²) in [6, 6.07) is 10.2. The molecule has 2 heterocycles. The molecule has 7 nitrogen and oxygen atoms in total. The lowest BCUT2D eigenvalue weighted by Gasteiger charge is -2.10. The van der Waals surface area contributed by atoms with Gasteiger partial charge >= 0.3 is 5.97 Å². The Labute approximate surface area is 156 Å². The second-order valence-corrected chi connectivity index (χ2v) is 6.30. The van der Waals surface area contributed by atoms with Crippen LogP contribution in [0.1, 0.15) is 40.4 Å². The Morgan fingerprint density at radius 3 is 2.67 bits per heavy atom. The Morgan fingerprint density at radius 2 is 1.96 bits per heavy atom. The number of anilines is 1. The summed E-state index contributed by atoms with van der Waals surface area (Å²) in [5.74, 6) is -0.183. The highest BCUT2D eigenvalue weighted by molar-refractivity contribution is 6.05. The topological polar surface area (TPSA) is 81.9 Å². The van der Waals surface area contributed by atoms with Gasteiger partial charge < -0.3 is 14.8 Å². The van der Waals surface area contributed by atoms with E-state index in [4.69, 9.17) is 9.47 Å². The van der Waals surface area contributed by atoms with Crippen LogP contribution in [0.25, 0.3) is 5.65 Å². The molecule has 0 bridgehead atoms. The number of hydrogen-bond donors (Lipinski definition) is 1. The SMILES string of the molecule is COc1cccn2c(C(=O)Nc3cccc(C(=O)OC(C)C)c3)c(C)nc12. The number of rotatable bonds is 5. The van der Waals surface area contributed by atoms with E-state index in [0.717, 1.165) is 0 Å². The van der Waals surface area contributed by atoms with Gasteiger partial charge in [-0.3, -0.25) is 9.20 Å². The fourth-order valence-corrected chi connectivity index (χ4v) is 2.79. The highest BCUT2D eigenvalue weighted by Crippen LogP contribution is 2.22. The van der Waals surface area contributed by atoms with Gasteiger partial charge in [0.1, 0.15) is 5.69 Å². The lowest BCUT2D eigenvalue weighted by Crippen LogP contribution is -2.16. The fourth-order valence-electron chi connectivity index (χ4n) is 2.79. The van der Waals surface area contributed by atoms with Gasteiger partial charge in [-0.2, -0.15) is 0 Å². The first-order valence-corrected chi connectivity index (χ1v) is 8.54. The number of amides is 1. The number of nitrogens with zero attached hydrogens (tertiary/aromatic N) is 2. The largest absolute Gasteiger partial charge is 0.493 e. The fraction of sp³-hybridized carbons (Fsp3) is 0.250. The standard InChI is InChI=1S/C20H21N3O4/c1-12(2)27-20(25)14-7-5-8-15(11-14)22-19(24)17-13(3)21-18-16(26-4)9-6-10-23(17)18/h5-12H,1-4H3,(H,22,24). The van der Waals surface area contributed by atoms with Crippen LogP contribution in [0.5, 0.6) is 5.75 Å². The van der Waals surface area contributed by atoms with E-state index < -0.39 is 5.97 Å². The molecule has 2 aromatic heterocycles. The molecule has 0 saturated heterocycles. The number of nitrogens with one attached hydrogen (secondary N) is 1. The molecule has 1 aromatic carbocycles. The third-order valence-corrected chi connectivity index (χ3v) is 3.92. The highest BCUT2D eigenvalue weighted by Gasteiger charge is 2.19. The van der Waals surface area contributed by atoms with Gasteiger partial charge in [0, 0.05) is 11.9 Å². The molecule has 0 aliphatic rings. The van der Waals surface area contributed by atoms with Crippen molar-refractivity contribution >= 4 is 23.2 Å². The summed E-state index contributed by atoms with van der Waals surface area (Å²) in [6.45, 7) is 5.33. The molecule has 1 amide bonds. The number of benzene rings is 1. The minimum absolute atomic E-state index is 0.216. The molecule has 7 heteroatoms. The summed E-state index contributed by atoms with van der Waals surface area (Å²) in [6.07, 6.45) is 1.54. The van der Waals surface area contributed by atoms with Crippen LogP contribution in [0, 0.1) is 6.92 Å². The molecular weight excluding hydrogens is 346 g/mol. The maximum Gasteiger partial charge on any atom is 0.338 e. The molecule has 0 fully saturated rings. The normalized spacial score (nSPS) is 10.9. The van der Waals surface area contributed by atoms with Gasteiger partial charge in [-0.1, -0.05) is 6.07 Å². The first-order valence-electron chi connectivity index (χ1n) is 8.54. The van der Waals surface area contributed by atoms with E-state index in [1.165, 1.54) is 0 Å². The summed E-state index contributed by atoms with van der Waals surface area (Å²) in [5.41, 5.74) is 2.41. The zero-order valence-corrected chi connectivity index (χ0v) is 15.6. The van der Waals surface area contributed by atoms with Crippen LogP contribution in [-0.2, 0) is 4.74 Å². The first-order chi connectivity index (χ1) is 12.9. The molecular formula is C20H21N3O4. The number of aromatic nitrogens is 2. The third-order valence-electron chi connectivity index (χ3n) is 3.92. The number of carbonyl (C=O) groups is 2. The number of methoxy groups -OCH3 is 1. The number of carbonyl (C=O) groups excluding carboxylic acids is 2. The van der Waals surface area contributed by atoms with Crippen molar-refractivity contribution in [2.45, 2.75) is 26.9 Å². The minimum Gasteiger partial charge on any atom is -0.493 e. The highest BCUT2D eigenvalue weighted by atomic mass is 16.5. The van der Waals surface area contributed by atoms with E-state index in [-0.39, 0.29) is 12.0 Å². The van der Waals surface area contributed by atoms with Crippen LogP contribution in [0.4, 0.5) is 5.69 Å². The van der Waals surface area contributed by atoms with Crippen LogP contribution in [0.2, 0.25) is 0 Å². The van der Waals surface area contributed by atoms with Gasteiger partial charge in [-0.05, 0) is 51.1 Å². The Kier molecular flexibility index (Phi) is 5.12. The molecule has 0 aliphatic carbocycles. The smallest absolute Gasteiger partial charge is 0.338 e. The van der Waals surface area contributed by atoms with E-state index in [9.17, 15) is 9.59 Å². The van der Waals surface area contributed by atoms with Crippen molar-refractivity contribution in [3.8, 4) is 5.75 Å². The van der Waals surface area contributed by atoms with E-state index in [0.29, 0.717) is 34.0 Å². The van der Waals surface area contributed by atoms with Crippen LogP contribution >= 0.6 is 0 Å². The van der Waals surface area contributed by atoms with Crippen molar-refractivity contribution in [2.24, 2.45) is 0 Å². The van der Waals surface area contributed by atoms with Crippen LogP contribution in [0.3, 0.4) is 0 Å². The van der Waals surface area contributed by atoms with E-state index in [2.05, 4.69) is 10.3 Å². The van der Waals surface area contributed by atoms with Gasteiger partial charge in [0.15, 0.2) is 11.4 Å². The molecule has 0 atom stereocenters. The zero-order valence-electron chi connectivity index (χ0n) is 15.6. The molecule has 0 unspecified atom stereocenters. The van der Waals surface area contributed by atoms with Gasteiger partial charge in [0.05, 0.1) is 24.5 Å². The van der Waals surface area contributed by atoms with Crippen LogP contribution in [0.15, 0.2) is 42.6 Å². The lowest BCUT2D eigenvalue weighted by molar-refractivity contribution is 0.0377. The number of ether oxygens (including phenoxy) is 2. The summed E-state index contributed by atoms with van der Waals surface area (Å²) >= 11 is 0. The minimum atomic E-state index is -0.434. The first kappa shape index (κ1) is 18.4. The molecule has 27 heavy (non-hydrogen) atoms. The van der Waals surface area contributed by atoms with Crippen molar-refractivity contribution in [1.29, 1.82) is 0 Å². The van der Waals surface area contributed by atoms with Crippen molar-refractivity contribution < 1.29 is 19.1 Å². The van der Waals surface area contributed by atoms with Crippen molar-refractivity contribution in [1.82, 2.24) is 9.38 Å². The van der Waals surface area contributed by atoms with Crippen LogP contribution in [-0.4, -0.2) is 34.5 Å². The number of aryl methyl sites for hydroxylation is 1. The Morgan fingerprint density at radius 1 is 1.19 bits per heavy atom. The van der Waals surface area contributed by atoms with Gasteiger partial charge in [-0.15, -0.1) is 0 Å². The summed E-state index contributed by atoms with van der Waals surface area (Å²) in [4.78, 5) is 29.3. The number of fused-ring (bicyclic) bond motifs is 1. The number of imidazole rings is 1. The monoisotopic (exact) mass is 367 g/mol. The molecule has 0 spiro atoms. The molecule has 3 aromatic rings. The predicted octanol–water partition coefficient (Wildman–Crippen LogP) is 3.47. The molecule has 0 aliphatic heterocycles. The average Bonchev–Trinajstić information content (AvgIpc) is 2.97. The van der Waals surface area contributed by atoms with Gasteiger partial charge in [0.25, 0.3) is 5.91 Å². The summed E-state index contributed by atoms with van der Waals surface area (Å²) in [7, 11) is 1.56. The summed E-state index contributed by atoms with van der Waals surface area (Å²) < 4.78 is 12.2. The number of pyridine rings is 1. The second-order valence-electron chi connectivity index (χ2n) is 6.30. The Bertz CT molecular complexity index is 1010. The Balaban J connectivity index is 1.89. The molecule has 1 N–H and O–H groups in total. The van der Waals surface area contributed by atoms with E-state index >= 15 is 0 Å². The molecule has 140 valence electrons. The van der Waals surface area contributed by atoms with E-state index in [1.807, 2.05) is 0 Å². The van der Waals surface area contributed by atoms with Crippen molar-refractivity contribution in [3.63, 3.8) is 0 Å². The third kappa shape index (κ3) is 3.76. The Hall–Kier alpha value is -3.35. The molecule has 0 saturated carbocycles. The van der Waals surface area contributed by atoms with Crippen LogP contribution < -0.4 is 10.1 Å².